The highest BCUT2D eigenvalue weighted by Crippen LogP contribution is 2.32. The molecule has 6 nitrogen and oxygen atoms in total. The molecule has 1 N–H and O–H groups in total. The minimum absolute atomic E-state index is 0.189. The minimum atomic E-state index is -0.374. The topological polar surface area (TPSA) is 76.7 Å². The first kappa shape index (κ1) is 17.4. The number of nitrogens with zero attached hydrogens (tertiary/aromatic N) is 3. The Bertz CT molecular complexity index is 1480. The first-order valence-corrected chi connectivity index (χ1v) is 9.15. The summed E-state index contributed by atoms with van der Waals surface area (Å²) in [5.74, 6) is 0.621. The maximum atomic E-state index is 13.9. The van der Waals surface area contributed by atoms with Crippen LogP contribution in [0.2, 0.25) is 0 Å². The molecule has 7 heteroatoms. The van der Waals surface area contributed by atoms with Crippen LogP contribution >= 0.6 is 0 Å². The molecule has 144 valence electrons. The van der Waals surface area contributed by atoms with E-state index in [1.54, 1.807) is 24.6 Å². The second kappa shape index (κ2) is 6.13. The van der Waals surface area contributed by atoms with Crippen molar-refractivity contribution in [2.45, 2.75) is 13.8 Å². The Labute approximate surface area is 164 Å². The fraction of sp³-hybridized carbons (Fsp3) is 0.136. The fourth-order valence-electron chi connectivity index (χ4n) is 3.72. The van der Waals surface area contributed by atoms with E-state index < -0.39 is 0 Å². The molecule has 3 heterocycles. The molecule has 0 radical (unpaired) electrons. The molecule has 3 aromatic heterocycles. The van der Waals surface area contributed by atoms with Crippen molar-refractivity contribution in [2.24, 2.45) is 7.05 Å². The number of halogens is 1. The van der Waals surface area contributed by atoms with Crippen molar-refractivity contribution in [3.63, 3.8) is 0 Å². The van der Waals surface area contributed by atoms with Crippen LogP contribution in [0, 0.1) is 19.7 Å². The van der Waals surface area contributed by atoms with E-state index in [-0.39, 0.29) is 11.4 Å². The van der Waals surface area contributed by atoms with Gasteiger partial charge in [0.25, 0.3) is 11.4 Å². The van der Waals surface area contributed by atoms with E-state index in [1.807, 2.05) is 31.2 Å². The summed E-state index contributed by atoms with van der Waals surface area (Å²) in [6, 6.07) is 12.1. The number of hydrogen-bond donors (Lipinski definition) is 1. The van der Waals surface area contributed by atoms with Gasteiger partial charge < -0.3 is 9.51 Å². The third-order valence-electron chi connectivity index (χ3n) is 5.24. The first-order chi connectivity index (χ1) is 13.9. The molecule has 0 aliphatic carbocycles. The lowest BCUT2D eigenvalue weighted by Gasteiger charge is -2.09. The van der Waals surface area contributed by atoms with E-state index in [2.05, 4.69) is 15.1 Å². The van der Waals surface area contributed by atoms with Gasteiger partial charge >= 0.3 is 0 Å². The molecule has 0 atom stereocenters. The molecule has 0 spiro atoms. The number of benzene rings is 2. The van der Waals surface area contributed by atoms with Gasteiger partial charge in [0.05, 0.1) is 0 Å². The fourth-order valence-corrected chi connectivity index (χ4v) is 3.72. The van der Waals surface area contributed by atoms with E-state index >= 15 is 0 Å². The third-order valence-corrected chi connectivity index (χ3v) is 5.24. The monoisotopic (exact) mass is 388 g/mol. The van der Waals surface area contributed by atoms with Crippen LogP contribution in [0.25, 0.3) is 44.5 Å². The van der Waals surface area contributed by atoms with Crippen molar-refractivity contribution in [2.75, 3.05) is 0 Å². The van der Waals surface area contributed by atoms with Gasteiger partial charge in [0.15, 0.2) is 5.82 Å². The van der Waals surface area contributed by atoms with Crippen LogP contribution in [-0.4, -0.2) is 19.7 Å². The van der Waals surface area contributed by atoms with Gasteiger partial charge in [-0.2, -0.15) is 4.98 Å². The number of fused-ring (bicyclic) bond motifs is 3. The van der Waals surface area contributed by atoms with Crippen LogP contribution < -0.4 is 5.56 Å². The van der Waals surface area contributed by atoms with E-state index in [1.165, 1.54) is 12.1 Å². The van der Waals surface area contributed by atoms with Crippen LogP contribution in [0.3, 0.4) is 0 Å². The Morgan fingerprint density at radius 3 is 2.62 bits per heavy atom. The number of rotatable bonds is 2. The van der Waals surface area contributed by atoms with Gasteiger partial charge in [-0.3, -0.25) is 9.36 Å². The van der Waals surface area contributed by atoms with E-state index in [4.69, 9.17) is 4.52 Å². The largest absolute Gasteiger partial charge is 0.341 e. The number of H-pyrrole nitrogens is 1. The van der Waals surface area contributed by atoms with Gasteiger partial charge in [0.1, 0.15) is 11.5 Å². The maximum absolute atomic E-state index is 13.9. The SMILES string of the molecule is Cc1noc(-c2ccc3[nH]c4c(cc(-c5cc(F)ccc5C)c(=O)n4C)c3c2)n1. The lowest BCUT2D eigenvalue weighted by molar-refractivity contribution is 0.425. The predicted octanol–water partition coefficient (Wildman–Crippen LogP) is 4.49. The molecule has 5 rings (SSSR count). The van der Waals surface area contributed by atoms with Crippen LogP contribution in [0.15, 0.2) is 51.8 Å². The average Bonchev–Trinajstić information content (AvgIpc) is 3.30. The Morgan fingerprint density at radius 2 is 1.86 bits per heavy atom. The number of aromatic nitrogens is 4. The molecule has 0 aliphatic rings. The van der Waals surface area contributed by atoms with E-state index in [0.29, 0.717) is 28.5 Å². The standard InChI is InChI=1S/C22H17FN4O2/c1-11-4-6-14(23)9-15(11)18-10-17-16-8-13(21-24-12(2)26-29-21)5-7-19(16)25-20(17)27(3)22(18)28/h4-10,25H,1-3H3. The smallest absolute Gasteiger partial charge is 0.259 e. The lowest BCUT2D eigenvalue weighted by Crippen LogP contribution is -2.19. The van der Waals surface area contributed by atoms with Gasteiger partial charge in [-0.15, -0.1) is 0 Å². The zero-order chi connectivity index (χ0) is 20.3. The number of hydrogen-bond acceptors (Lipinski definition) is 4. The highest BCUT2D eigenvalue weighted by Gasteiger charge is 2.16. The molecule has 0 saturated carbocycles. The second-order valence-electron chi connectivity index (χ2n) is 7.18. The van der Waals surface area contributed by atoms with E-state index in [0.717, 1.165) is 27.4 Å². The maximum Gasteiger partial charge on any atom is 0.259 e. The molecule has 0 unspecified atom stereocenters. The molecule has 0 amide bonds. The van der Waals surface area contributed by atoms with Crippen molar-refractivity contribution in [3.8, 4) is 22.6 Å². The summed E-state index contributed by atoms with van der Waals surface area (Å²) in [5.41, 5.74) is 4.05. The highest BCUT2D eigenvalue weighted by atomic mass is 19.1. The minimum Gasteiger partial charge on any atom is -0.341 e. The summed E-state index contributed by atoms with van der Waals surface area (Å²) in [4.78, 5) is 20.6. The summed E-state index contributed by atoms with van der Waals surface area (Å²) >= 11 is 0. The molecule has 0 saturated heterocycles. The Kier molecular flexibility index (Phi) is 3.67. The summed E-state index contributed by atoms with van der Waals surface area (Å²) < 4.78 is 20.7. The summed E-state index contributed by atoms with van der Waals surface area (Å²) in [5, 5.41) is 5.62. The van der Waals surface area contributed by atoms with Crippen molar-refractivity contribution >= 4 is 21.9 Å². The van der Waals surface area contributed by atoms with Crippen molar-refractivity contribution < 1.29 is 8.91 Å². The second-order valence-corrected chi connectivity index (χ2v) is 7.18. The Morgan fingerprint density at radius 1 is 1.03 bits per heavy atom. The molecular formula is C22H17FN4O2. The zero-order valence-corrected chi connectivity index (χ0v) is 16.1. The highest BCUT2D eigenvalue weighted by molar-refractivity contribution is 6.08. The first-order valence-electron chi connectivity index (χ1n) is 9.15. The molecule has 0 aliphatic heterocycles. The number of nitrogens with one attached hydrogen (secondary N) is 1. The van der Waals surface area contributed by atoms with Crippen LogP contribution in [0.5, 0.6) is 0 Å². The predicted molar refractivity (Wildman–Crippen MR) is 109 cm³/mol. The zero-order valence-electron chi connectivity index (χ0n) is 16.1. The molecule has 2 aromatic carbocycles. The van der Waals surface area contributed by atoms with Gasteiger partial charge in [-0.05, 0) is 61.4 Å². The molecule has 0 bridgehead atoms. The van der Waals surface area contributed by atoms with E-state index in [9.17, 15) is 9.18 Å². The summed E-state index contributed by atoms with van der Waals surface area (Å²) in [6.45, 7) is 3.63. The van der Waals surface area contributed by atoms with Gasteiger partial charge in [0.2, 0.25) is 0 Å². The lowest BCUT2D eigenvalue weighted by atomic mass is 10.00. The Hall–Kier alpha value is -3.74. The van der Waals surface area contributed by atoms with Crippen LogP contribution in [0.1, 0.15) is 11.4 Å². The van der Waals surface area contributed by atoms with Crippen LogP contribution in [-0.2, 0) is 7.05 Å². The molecular weight excluding hydrogens is 371 g/mol. The Balaban J connectivity index is 1.83. The third kappa shape index (κ3) is 2.66. The quantitative estimate of drug-likeness (QED) is 0.483. The van der Waals surface area contributed by atoms with Crippen molar-refractivity contribution in [1.29, 1.82) is 0 Å². The number of aryl methyl sites for hydroxylation is 3. The van der Waals surface area contributed by atoms with Crippen molar-refractivity contribution in [1.82, 2.24) is 19.7 Å². The summed E-state index contributed by atoms with van der Waals surface area (Å²) in [6.07, 6.45) is 0. The number of aromatic amines is 1. The van der Waals surface area contributed by atoms with Crippen LogP contribution in [0.4, 0.5) is 4.39 Å². The molecule has 29 heavy (non-hydrogen) atoms. The average molecular weight is 388 g/mol. The molecule has 0 fully saturated rings. The van der Waals surface area contributed by atoms with Gasteiger partial charge in [-0.1, -0.05) is 11.2 Å². The number of pyridine rings is 1. The van der Waals surface area contributed by atoms with Crippen molar-refractivity contribution in [3.05, 3.63) is 70.0 Å². The molecule has 5 aromatic rings. The van der Waals surface area contributed by atoms with Gasteiger partial charge in [0, 0.05) is 34.5 Å². The summed E-state index contributed by atoms with van der Waals surface area (Å²) in [7, 11) is 1.71. The van der Waals surface area contributed by atoms with Gasteiger partial charge in [-0.25, -0.2) is 4.39 Å². The normalized spacial score (nSPS) is 11.6.